The molecule has 2 amide bonds. The number of benzene rings is 1. The maximum absolute atomic E-state index is 12.3. The van der Waals surface area contributed by atoms with Crippen molar-refractivity contribution in [1.29, 1.82) is 0 Å². The van der Waals surface area contributed by atoms with E-state index in [1.807, 2.05) is 0 Å². The largest absolute Gasteiger partial charge is 0.365 e. The van der Waals surface area contributed by atoms with Crippen molar-refractivity contribution >= 4 is 39.9 Å². The first-order chi connectivity index (χ1) is 13.0. The van der Waals surface area contributed by atoms with Crippen LogP contribution in [0.2, 0.25) is 0 Å². The van der Waals surface area contributed by atoms with E-state index in [9.17, 15) is 19.7 Å². The van der Waals surface area contributed by atoms with E-state index in [0.29, 0.717) is 16.1 Å². The molecule has 1 aromatic heterocycles. The van der Waals surface area contributed by atoms with E-state index in [2.05, 4.69) is 5.32 Å². The number of nitro groups is 1. The number of rotatable bonds is 5. The maximum atomic E-state index is 12.3. The van der Waals surface area contributed by atoms with Gasteiger partial charge in [0.1, 0.15) is 5.00 Å². The Morgan fingerprint density at radius 3 is 2.52 bits per heavy atom. The quantitative estimate of drug-likeness (QED) is 0.353. The number of aryl methyl sites for hydroxylation is 1. The second-order valence-electron chi connectivity index (χ2n) is 6.30. The monoisotopic (exact) mass is 385 g/mol. The minimum absolute atomic E-state index is 0.0113. The van der Waals surface area contributed by atoms with Gasteiger partial charge in [0.2, 0.25) is 5.91 Å². The number of non-ortho nitro benzene ring substituents is 1. The van der Waals surface area contributed by atoms with Crippen LogP contribution >= 0.6 is 11.3 Å². The van der Waals surface area contributed by atoms with Crippen molar-refractivity contribution in [2.45, 2.75) is 32.1 Å². The SMILES string of the molecule is NC(=O)c1c(NC(=O)/C=C\c2ccc([N+](=O)[O-])cc2)sc2c1CCCCC2. The lowest BCUT2D eigenvalue weighted by Crippen LogP contribution is -2.16. The zero-order valence-corrected chi connectivity index (χ0v) is 15.4. The minimum Gasteiger partial charge on any atom is -0.365 e. The van der Waals surface area contributed by atoms with Crippen molar-refractivity contribution < 1.29 is 14.5 Å². The summed E-state index contributed by atoms with van der Waals surface area (Å²) in [5, 5.41) is 13.9. The molecule has 0 fully saturated rings. The van der Waals surface area contributed by atoms with Gasteiger partial charge < -0.3 is 11.1 Å². The fraction of sp³-hybridized carbons (Fsp3) is 0.263. The Labute approximate surface area is 160 Å². The molecule has 0 atom stereocenters. The third kappa shape index (κ3) is 4.40. The van der Waals surface area contributed by atoms with E-state index in [1.165, 1.54) is 29.5 Å². The summed E-state index contributed by atoms with van der Waals surface area (Å²) in [4.78, 5) is 35.5. The number of hydrogen-bond acceptors (Lipinski definition) is 5. The number of fused-ring (bicyclic) bond motifs is 1. The number of carbonyl (C=O) groups is 2. The van der Waals surface area contributed by atoms with Crippen molar-refractivity contribution in [2.75, 3.05) is 5.32 Å². The highest BCUT2D eigenvalue weighted by Gasteiger charge is 2.23. The first-order valence-electron chi connectivity index (χ1n) is 8.63. The lowest BCUT2D eigenvalue weighted by Gasteiger charge is -2.04. The summed E-state index contributed by atoms with van der Waals surface area (Å²) < 4.78 is 0. The number of nitro benzene ring substituents is 1. The molecular weight excluding hydrogens is 366 g/mol. The molecule has 0 bridgehead atoms. The average molecular weight is 385 g/mol. The number of thiophene rings is 1. The van der Waals surface area contributed by atoms with Gasteiger partial charge >= 0.3 is 0 Å². The molecule has 0 spiro atoms. The number of hydrogen-bond donors (Lipinski definition) is 2. The van der Waals surface area contributed by atoms with Crippen LogP contribution in [0.15, 0.2) is 30.3 Å². The van der Waals surface area contributed by atoms with Gasteiger partial charge in [-0.1, -0.05) is 6.42 Å². The number of carbonyl (C=O) groups excluding carboxylic acids is 2. The average Bonchev–Trinajstić information content (AvgIpc) is 2.81. The Hall–Kier alpha value is -3.00. The fourth-order valence-electron chi connectivity index (χ4n) is 3.12. The third-order valence-corrected chi connectivity index (χ3v) is 5.64. The Morgan fingerprint density at radius 2 is 1.85 bits per heavy atom. The van der Waals surface area contributed by atoms with Gasteiger partial charge in [-0.25, -0.2) is 0 Å². The zero-order valence-electron chi connectivity index (χ0n) is 14.6. The van der Waals surface area contributed by atoms with Crippen LogP contribution in [-0.4, -0.2) is 16.7 Å². The molecule has 27 heavy (non-hydrogen) atoms. The van der Waals surface area contributed by atoms with Crippen LogP contribution in [0.4, 0.5) is 10.7 Å². The lowest BCUT2D eigenvalue weighted by molar-refractivity contribution is -0.384. The topological polar surface area (TPSA) is 115 Å². The highest BCUT2D eigenvalue weighted by atomic mass is 32.1. The first kappa shape index (κ1) is 18.8. The molecule has 0 saturated heterocycles. The zero-order chi connectivity index (χ0) is 19.4. The number of nitrogens with one attached hydrogen (secondary N) is 1. The van der Waals surface area contributed by atoms with Crippen LogP contribution in [0.1, 0.15) is 45.6 Å². The van der Waals surface area contributed by atoms with Crippen molar-refractivity contribution in [3.05, 3.63) is 62.0 Å². The predicted molar refractivity (Wildman–Crippen MR) is 105 cm³/mol. The summed E-state index contributed by atoms with van der Waals surface area (Å²) in [6.07, 6.45) is 7.79. The van der Waals surface area contributed by atoms with Gasteiger partial charge in [-0.05, 0) is 55.0 Å². The Morgan fingerprint density at radius 1 is 1.15 bits per heavy atom. The van der Waals surface area contributed by atoms with Crippen LogP contribution in [0.5, 0.6) is 0 Å². The molecule has 0 saturated carbocycles. The van der Waals surface area contributed by atoms with Crippen molar-refractivity contribution in [3.8, 4) is 0 Å². The summed E-state index contributed by atoms with van der Waals surface area (Å²) in [6, 6.07) is 5.87. The summed E-state index contributed by atoms with van der Waals surface area (Å²) >= 11 is 1.42. The van der Waals surface area contributed by atoms with Gasteiger partial charge in [0.05, 0.1) is 10.5 Å². The molecule has 140 valence electrons. The molecule has 3 N–H and O–H groups in total. The smallest absolute Gasteiger partial charge is 0.269 e. The van der Waals surface area contributed by atoms with E-state index in [0.717, 1.165) is 42.5 Å². The van der Waals surface area contributed by atoms with Crippen molar-refractivity contribution in [1.82, 2.24) is 0 Å². The van der Waals surface area contributed by atoms with Gasteiger partial charge in [0.25, 0.3) is 11.6 Å². The van der Waals surface area contributed by atoms with Crippen LogP contribution in [-0.2, 0) is 17.6 Å². The van der Waals surface area contributed by atoms with Crippen molar-refractivity contribution in [3.63, 3.8) is 0 Å². The van der Waals surface area contributed by atoms with Crippen molar-refractivity contribution in [2.24, 2.45) is 5.73 Å². The highest BCUT2D eigenvalue weighted by Crippen LogP contribution is 2.37. The molecule has 8 heteroatoms. The molecule has 1 aliphatic rings. The molecule has 1 heterocycles. The highest BCUT2D eigenvalue weighted by molar-refractivity contribution is 7.17. The molecule has 3 rings (SSSR count). The van der Waals surface area contributed by atoms with E-state index in [-0.39, 0.29) is 11.6 Å². The summed E-state index contributed by atoms with van der Waals surface area (Å²) in [7, 11) is 0. The van der Waals surface area contributed by atoms with E-state index in [4.69, 9.17) is 5.73 Å². The molecule has 2 aromatic rings. The molecule has 0 radical (unpaired) electrons. The minimum atomic E-state index is -0.524. The normalized spacial score (nSPS) is 13.8. The van der Waals surface area contributed by atoms with E-state index >= 15 is 0 Å². The second kappa shape index (κ2) is 8.13. The summed E-state index contributed by atoms with van der Waals surface area (Å²) in [5.41, 5.74) is 7.60. The van der Waals surface area contributed by atoms with Crippen LogP contribution in [0.25, 0.3) is 6.08 Å². The van der Waals surface area contributed by atoms with Crippen LogP contribution in [0.3, 0.4) is 0 Å². The van der Waals surface area contributed by atoms with Gasteiger partial charge in [0.15, 0.2) is 0 Å². The molecule has 0 unspecified atom stereocenters. The van der Waals surface area contributed by atoms with Crippen LogP contribution < -0.4 is 11.1 Å². The first-order valence-corrected chi connectivity index (χ1v) is 9.45. The van der Waals surface area contributed by atoms with Gasteiger partial charge in [-0.15, -0.1) is 11.3 Å². The third-order valence-electron chi connectivity index (χ3n) is 4.44. The Kier molecular flexibility index (Phi) is 5.66. The lowest BCUT2D eigenvalue weighted by atomic mass is 10.1. The van der Waals surface area contributed by atoms with E-state index < -0.39 is 10.8 Å². The fourth-order valence-corrected chi connectivity index (χ4v) is 4.42. The van der Waals surface area contributed by atoms with Gasteiger partial charge in [-0.3, -0.25) is 19.7 Å². The predicted octanol–water partition coefficient (Wildman–Crippen LogP) is 3.68. The van der Waals surface area contributed by atoms with Crippen LogP contribution in [0, 0.1) is 10.1 Å². The van der Waals surface area contributed by atoms with Gasteiger partial charge in [-0.2, -0.15) is 0 Å². The summed E-state index contributed by atoms with van der Waals surface area (Å²) in [6.45, 7) is 0. The number of amides is 2. The standard InChI is InChI=1S/C19H19N3O4S/c20-18(24)17-14-4-2-1-3-5-15(14)27-19(17)21-16(23)11-8-12-6-9-13(10-7-12)22(25)26/h6-11H,1-5H2,(H2,20,24)(H,21,23)/b11-8-. The number of anilines is 1. The maximum Gasteiger partial charge on any atom is 0.269 e. The Bertz CT molecular complexity index is 916. The second-order valence-corrected chi connectivity index (χ2v) is 7.41. The molecule has 1 aliphatic carbocycles. The Balaban J connectivity index is 1.75. The summed E-state index contributed by atoms with van der Waals surface area (Å²) in [5.74, 6) is -0.906. The number of nitrogens with zero attached hydrogens (tertiary/aromatic N) is 1. The number of primary amides is 1. The number of nitrogens with two attached hydrogens (primary N) is 1. The molecule has 7 nitrogen and oxygen atoms in total. The van der Waals surface area contributed by atoms with E-state index in [1.54, 1.807) is 18.2 Å². The molecule has 0 aliphatic heterocycles. The van der Waals surface area contributed by atoms with Gasteiger partial charge in [0, 0.05) is 23.1 Å². The molecule has 1 aromatic carbocycles. The molecular formula is C19H19N3O4S.